The molecule has 5 heteroatoms. The summed E-state index contributed by atoms with van der Waals surface area (Å²) >= 11 is 0. The van der Waals surface area contributed by atoms with E-state index in [1.54, 1.807) is 30.3 Å². The maximum Gasteiger partial charge on any atom is 0.323 e. The normalized spacial score (nSPS) is 11.9. The number of ether oxygens (including phenoxy) is 1. The third kappa shape index (κ3) is 4.29. The van der Waals surface area contributed by atoms with Gasteiger partial charge in [0.25, 0.3) is 0 Å². The number of halogens is 1. The van der Waals surface area contributed by atoms with Crippen LogP contribution in [0.3, 0.4) is 0 Å². The number of hydrogen-bond acceptors (Lipinski definition) is 4. The van der Waals surface area contributed by atoms with Gasteiger partial charge in [0.2, 0.25) is 0 Å². The maximum atomic E-state index is 13.4. The number of benzene rings is 2. The van der Waals surface area contributed by atoms with Crippen LogP contribution < -0.4 is 5.73 Å². The number of carbonyl (C=O) groups excluding carboxylic acids is 1. The molecule has 1 atom stereocenters. The van der Waals surface area contributed by atoms with Gasteiger partial charge in [-0.05, 0) is 30.2 Å². The second-order valence-electron chi connectivity index (χ2n) is 4.68. The minimum absolute atomic E-state index is 0.144. The Labute approximate surface area is 122 Å². The van der Waals surface area contributed by atoms with E-state index in [4.69, 9.17) is 10.5 Å². The van der Waals surface area contributed by atoms with E-state index < -0.39 is 17.8 Å². The van der Waals surface area contributed by atoms with Gasteiger partial charge in [-0.1, -0.05) is 30.3 Å². The molecule has 3 N–H and O–H groups in total. The molecule has 2 rings (SSSR count). The highest BCUT2D eigenvalue weighted by atomic mass is 19.1. The summed E-state index contributed by atoms with van der Waals surface area (Å²) in [5.74, 6) is -0.863. The third-order valence-electron chi connectivity index (χ3n) is 3.02. The fourth-order valence-electron chi connectivity index (χ4n) is 1.84. The van der Waals surface area contributed by atoms with Gasteiger partial charge in [0.1, 0.15) is 24.2 Å². The first-order valence-electron chi connectivity index (χ1n) is 6.50. The van der Waals surface area contributed by atoms with Gasteiger partial charge in [-0.3, -0.25) is 4.79 Å². The van der Waals surface area contributed by atoms with Crippen LogP contribution in [-0.2, 0) is 22.6 Å². The van der Waals surface area contributed by atoms with Crippen molar-refractivity contribution in [3.63, 3.8) is 0 Å². The minimum Gasteiger partial charge on any atom is -0.508 e. The molecule has 2 aromatic carbocycles. The Balaban J connectivity index is 1.88. The molecular formula is C16H16FNO3. The summed E-state index contributed by atoms with van der Waals surface area (Å²) < 4.78 is 18.4. The van der Waals surface area contributed by atoms with Crippen molar-refractivity contribution in [3.05, 3.63) is 65.5 Å². The van der Waals surface area contributed by atoms with Crippen molar-refractivity contribution in [2.24, 2.45) is 5.73 Å². The molecule has 0 fully saturated rings. The average molecular weight is 289 g/mol. The predicted octanol–water partition coefficient (Wildman–Crippen LogP) is 2.14. The number of aromatic hydroxyl groups is 1. The zero-order valence-corrected chi connectivity index (χ0v) is 11.3. The lowest BCUT2D eigenvalue weighted by Crippen LogP contribution is -2.34. The molecule has 0 saturated carbocycles. The number of esters is 1. The van der Waals surface area contributed by atoms with E-state index in [1.165, 1.54) is 18.2 Å². The van der Waals surface area contributed by atoms with Crippen LogP contribution in [0, 0.1) is 5.82 Å². The average Bonchev–Trinajstić information content (AvgIpc) is 2.48. The predicted molar refractivity (Wildman–Crippen MR) is 76.0 cm³/mol. The van der Waals surface area contributed by atoms with Crippen molar-refractivity contribution in [1.82, 2.24) is 0 Å². The fraction of sp³-hybridized carbons (Fsp3) is 0.188. The largest absolute Gasteiger partial charge is 0.508 e. The quantitative estimate of drug-likeness (QED) is 0.827. The van der Waals surface area contributed by atoms with E-state index >= 15 is 0 Å². The molecule has 0 aliphatic carbocycles. The first-order valence-corrected chi connectivity index (χ1v) is 6.50. The number of phenolic OH excluding ortho intramolecular Hbond substituents is 1. The van der Waals surface area contributed by atoms with Gasteiger partial charge in [-0.15, -0.1) is 0 Å². The molecule has 0 saturated heterocycles. The summed E-state index contributed by atoms with van der Waals surface area (Å²) in [6.45, 7) is -0.144. The van der Waals surface area contributed by atoms with Crippen LogP contribution in [-0.4, -0.2) is 17.1 Å². The third-order valence-corrected chi connectivity index (χ3v) is 3.02. The molecule has 0 aromatic heterocycles. The topological polar surface area (TPSA) is 72.5 Å². The Hall–Kier alpha value is -2.40. The summed E-state index contributed by atoms with van der Waals surface area (Å²) in [6.07, 6.45) is 0.288. The van der Waals surface area contributed by atoms with E-state index in [2.05, 4.69) is 0 Å². The van der Waals surface area contributed by atoms with E-state index in [0.717, 1.165) is 5.56 Å². The number of nitrogens with two attached hydrogens (primary N) is 1. The van der Waals surface area contributed by atoms with E-state index in [1.807, 2.05) is 0 Å². The molecule has 0 heterocycles. The van der Waals surface area contributed by atoms with Crippen LogP contribution in [0.2, 0.25) is 0 Å². The first kappa shape index (κ1) is 15.0. The van der Waals surface area contributed by atoms with Gasteiger partial charge in [-0.25, -0.2) is 4.39 Å². The molecule has 0 amide bonds. The SMILES string of the molecule is N[C@@H](Cc1ccc(O)cc1)C(=O)OCc1ccccc1F. The molecular weight excluding hydrogens is 273 g/mol. The maximum absolute atomic E-state index is 13.4. The standard InChI is InChI=1S/C16H16FNO3/c17-14-4-2-1-3-12(14)10-21-16(20)15(18)9-11-5-7-13(19)8-6-11/h1-8,15,19H,9-10,18H2/t15-/m0/s1. The molecule has 0 aliphatic heterocycles. The molecule has 2 aromatic rings. The lowest BCUT2D eigenvalue weighted by Gasteiger charge is -2.12. The monoisotopic (exact) mass is 289 g/mol. The number of carbonyl (C=O) groups is 1. The van der Waals surface area contributed by atoms with E-state index in [9.17, 15) is 14.3 Å². The molecule has 21 heavy (non-hydrogen) atoms. The fourth-order valence-corrected chi connectivity index (χ4v) is 1.84. The highest BCUT2D eigenvalue weighted by Crippen LogP contribution is 2.12. The Kier molecular flexibility index (Phi) is 4.90. The molecule has 0 aliphatic rings. The zero-order valence-electron chi connectivity index (χ0n) is 11.3. The van der Waals surface area contributed by atoms with Crippen LogP contribution in [0.25, 0.3) is 0 Å². The Morgan fingerprint density at radius 3 is 2.52 bits per heavy atom. The van der Waals surface area contributed by atoms with Crippen LogP contribution in [0.15, 0.2) is 48.5 Å². The molecule has 4 nitrogen and oxygen atoms in total. The second-order valence-corrected chi connectivity index (χ2v) is 4.68. The first-order chi connectivity index (χ1) is 10.1. The summed E-state index contributed by atoms with van der Waals surface area (Å²) in [4.78, 5) is 11.8. The van der Waals surface area contributed by atoms with E-state index in [0.29, 0.717) is 5.56 Å². The van der Waals surface area contributed by atoms with Crippen LogP contribution in [0.1, 0.15) is 11.1 Å². The van der Waals surface area contributed by atoms with Gasteiger partial charge in [-0.2, -0.15) is 0 Å². The van der Waals surface area contributed by atoms with Crippen molar-refractivity contribution in [1.29, 1.82) is 0 Å². The molecule has 110 valence electrons. The van der Waals surface area contributed by atoms with Crippen LogP contribution in [0.4, 0.5) is 4.39 Å². The van der Waals surface area contributed by atoms with Gasteiger partial charge >= 0.3 is 5.97 Å². The van der Waals surface area contributed by atoms with Crippen molar-refractivity contribution in [2.45, 2.75) is 19.1 Å². The Morgan fingerprint density at radius 2 is 1.86 bits per heavy atom. The highest BCUT2D eigenvalue weighted by molar-refractivity contribution is 5.75. The Morgan fingerprint density at radius 1 is 1.19 bits per heavy atom. The number of rotatable bonds is 5. The van der Waals surface area contributed by atoms with Gasteiger partial charge in [0, 0.05) is 5.56 Å². The zero-order chi connectivity index (χ0) is 15.2. The smallest absolute Gasteiger partial charge is 0.323 e. The van der Waals surface area contributed by atoms with Gasteiger partial charge < -0.3 is 15.6 Å². The van der Waals surface area contributed by atoms with Gasteiger partial charge in [0.15, 0.2) is 0 Å². The van der Waals surface area contributed by atoms with Crippen molar-refractivity contribution < 1.29 is 19.0 Å². The van der Waals surface area contributed by atoms with Crippen LogP contribution >= 0.6 is 0 Å². The minimum atomic E-state index is -0.832. The summed E-state index contributed by atoms with van der Waals surface area (Å²) in [6, 6.07) is 11.7. The molecule has 0 radical (unpaired) electrons. The summed E-state index contributed by atoms with van der Waals surface area (Å²) in [5.41, 5.74) is 6.88. The lowest BCUT2D eigenvalue weighted by atomic mass is 10.1. The molecule has 0 spiro atoms. The van der Waals surface area contributed by atoms with E-state index in [-0.39, 0.29) is 18.8 Å². The second kappa shape index (κ2) is 6.85. The van der Waals surface area contributed by atoms with Crippen LogP contribution in [0.5, 0.6) is 5.75 Å². The summed E-state index contributed by atoms with van der Waals surface area (Å²) in [5, 5.41) is 9.18. The van der Waals surface area contributed by atoms with Crippen molar-refractivity contribution in [3.8, 4) is 5.75 Å². The lowest BCUT2D eigenvalue weighted by molar-refractivity contribution is -0.146. The highest BCUT2D eigenvalue weighted by Gasteiger charge is 2.16. The van der Waals surface area contributed by atoms with Crippen molar-refractivity contribution in [2.75, 3.05) is 0 Å². The number of hydrogen-bond donors (Lipinski definition) is 2. The summed E-state index contributed by atoms with van der Waals surface area (Å²) in [7, 11) is 0. The molecule has 0 unspecified atom stereocenters. The van der Waals surface area contributed by atoms with Gasteiger partial charge in [0.05, 0.1) is 0 Å². The Bertz CT molecular complexity index is 613. The number of phenols is 1. The molecule has 0 bridgehead atoms. The van der Waals surface area contributed by atoms with Crippen molar-refractivity contribution >= 4 is 5.97 Å².